The number of halogens is 1. The summed E-state index contributed by atoms with van der Waals surface area (Å²) in [5.74, 6) is 0.751. The Kier molecular flexibility index (Phi) is 5.76. The molecular weight excluding hydrogens is 270 g/mol. The zero-order chi connectivity index (χ0) is 12.1. The van der Waals surface area contributed by atoms with Crippen LogP contribution >= 0.6 is 15.9 Å². The van der Waals surface area contributed by atoms with E-state index in [9.17, 15) is 4.79 Å². The van der Waals surface area contributed by atoms with Gasteiger partial charge in [-0.2, -0.15) is 0 Å². The van der Waals surface area contributed by atoms with Crippen LogP contribution in [-0.4, -0.2) is 41.4 Å². The Labute approximate surface area is 107 Å². The largest absolute Gasteiger partial charge is 0.373 e. The number of amides is 1. The summed E-state index contributed by atoms with van der Waals surface area (Å²) in [6, 6.07) is 0.215. The normalized spacial score (nSPS) is 27.9. The predicted molar refractivity (Wildman–Crippen MR) is 68.8 cm³/mol. The van der Waals surface area contributed by atoms with Gasteiger partial charge in [-0.1, -0.05) is 36.2 Å². The fourth-order valence-corrected chi connectivity index (χ4v) is 2.21. The number of hydrogen-bond acceptors (Lipinski definition) is 2. The van der Waals surface area contributed by atoms with Gasteiger partial charge in [-0.05, 0) is 12.8 Å². The average Bonchev–Trinajstić information content (AvgIpc) is 2.29. The lowest BCUT2D eigenvalue weighted by Crippen LogP contribution is -2.51. The van der Waals surface area contributed by atoms with Gasteiger partial charge >= 0.3 is 0 Å². The first kappa shape index (κ1) is 14.0. The van der Waals surface area contributed by atoms with E-state index in [2.05, 4.69) is 36.7 Å². The van der Waals surface area contributed by atoms with E-state index in [1.54, 1.807) is 0 Å². The monoisotopic (exact) mass is 291 g/mol. The van der Waals surface area contributed by atoms with E-state index in [-0.39, 0.29) is 18.1 Å². The van der Waals surface area contributed by atoms with Crippen molar-refractivity contribution < 1.29 is 9.53 Å². The van der Waals surface area contributed by atoms with Crippen LogP contribution in [-0.2, 0) is 9.53 Å². The molecule has 16 heavy (non-hydrogen) atoms. The number of ether oxygens (including phenoxy) is 1. The molecule has 1 amide bonds. The van der Waals surface area contributed by atoms with E-state index in [0.717, 1.165) is 18.3 Å². The molecule has 3 nitrogen and oxygen atoms in total. The van der Waals surface area contributed by atoms with Crippen LogP contribution in [0.2, 0.25) is 0 Å². The van der Waals surface area contributed by atoms with E-state index < -0.39 is 0 Å². The molecule has 0 aromatic heterocycles. The van der Waals surface area contributed by atoms with Gasteiger partial charge in [-0.3, -0.25) is 4.79 Å². The molecule has 3 unspecified atom stereocenters. The van der Waals surface area contributed by atoms with Gasteiger partial charge in [0.25, 0.3) is 0 Å². The van der Waals surface area contributed by atoms with E-state index in [1.807, 2.05) is 4.90 Å². The van der Waals surface area contributed by atoms with E-state index >= 15 is 0 Å². The van der Waals surface area contributed by atoms with Crippen LogP contribution in [0.4, 0.5) is 0 Å². The molecule has 4 heteroatoms. The summed E-state index contributed by atoms with van der Waals surface area (Å²) in [5.41, 5.74) is 0. The third kappa shape index (κ3) is 3.74. The third-order valence-corrected chi connectivity index (χ3v) is 3.94. The first-order chi connectivity index (χ1) is 7.58. The van der Waals surface area contributed by atoms with Crippen molar-refractivity contribution in [3.63, 3.8) is 0 Å². The number of alkyl halides is 1. The van der Waals surface area contributed by atoms with Gasteiger partial charge in [0.15, 0.2) is 0 Å². The smallest absolute Gasteiger partial charge is 0.223 e. The highest BCUT2D eigenvalue weighted by molar-refractivity contribution is 9.09. The summed E-state index contributed by atoms with van der Waals surface area (Å²) < 4.78 is 5.61. The Bertz CT molecular complexity index is 235. The van der Waals surface area contributed by atoms with Crippen molar-refractivity contribution in [3.8, 4) is 0 Å². The highest BCUT2D eigenvalue weighted by Crippen LogP contribution is 2.17. The van der Waals surface area contributed by atoms with E-state index in [1.165, 1.54) is 0 Å². The molecule has 94 valence electrons. The maximum absolute atomic E-state index is 12.1. The first-order valence-electron chi connectivity index (χ1n) is 6.05. The Morgan fingerprint density at radius 3 is 2.88 bits per heavy atom. The Balaban J connectivity index is 2.51. The highest BCUT2D eigenvalue weighted by atomic mass is 79.9. The second-order valence-electron chi connectivity index (χ2n) is 4.72. The number of hydrogen-bond donors (Lipinski definition) is 0. The van der Waals surface area contributed by atoms with Gasteiger partial charge in [-0.25, -0.2) is 0 Å². The van der Waals surface area contributed by atoms with Crippen molar-refractivity contribution >= 4 is 21.8 Å². The fourth-order valence-electron chi connectivity index (χ4n) is 1.82. The molecule has 0 bridgehead atoms. The van der Waals surface area contributed by atoms with Crippen LogP contribution in [0.3, 0.4) is 0 Å². The molecule has 0 aromatic rings. The van der Waals surface area contributed by atoms with Crippen LogP contribution in [0.5, 0.6) is 0 Å². The van der Waals surface area contributed by atoms with Gasteiger partial charge in [0.2, 0.25) is 5.91 Å². The molecule has 0 aliphatic carbocycles. The van der Waals surface area contributed by atoms with Crippen molar-refractivity contribution in [1.82, 2.24) is 4.90 Å². The zero-order valence-electron chi connectivity index (χ0n) is 10.4. The fraction of sp³-hybridized carbons (Fsp3) is 0.917. The maximum Gasteiger partial charge on any atom is 0.223 e. The molecule has 0 saturated carbocycles. The zero-order valence-corrected chi connectivity index (χ0v) is 12.0. The van der Waals surface area contributed by atoms with Gasteiger partial charge in [0, 0.05) is 18.3 Å². The summed E-state index contributed by atoms with van der Waals surface area (Å²) in [7, 11) is 0. The summed E-state index contributed by atoms with van der Waals surface area (Å²) in [5, 5.41) is 0.798. The summed E-state index contributed by atoms with van der Waals surface area (Å²) >= 11 is 3.41. The Morgan fingerprint density at radius 2 is 2.31 bits per heavy atom. The summed E-state index contributed by atoms with van der Waals surface area (Å²) in [6.45, 7) is 7.69. The van der Waals surface area contributed by atoms with Gasteiger partial charge in [-0.15, -0.1) is 0 Å². The predicted octanol–water partition coefficient (Wildman–Crippen LogP) is 2.43. The van der Waals surface area contributed by atoms with E-state index in [4.69, 9.17) is 4.74 Å². The second kappa shape index (κ2) is 6.60. The van der Waals surface area contributed by atoms with Gasteiger partial charge < -0.3 is 9.64 Å². The number of rotatable bonds is 4. The van der Waals surface area contributed by atoms with Crippen molar-refractivity contribution in [2.24, 2.45) is 5.92 Å². The topological polar surface area (TPSA) is 29.5 Å². The molecule has 0 radical (unpaired) electrons. The van der Waals surface area contributed by atoms with Crippen LogP contribution in [0.1, 0.15) is 33.6 Å². The standard InChI is InChI=1S/C12H22BrNO2/c1-4-9(2)5-12(15)14-7-11(6-13)16-8-10(14)3/h9-11H,4-8H2,1-3H3. The molecule has 1 aliphatic rings. The number of carbonyl (C=O) groups is 1. The molecule has 1 aliphatic heterocycles. The lowest BCUT2D eigenvalue weighted by Gasteiger charge is -2.38. The molecule has 0 aromatic carbocycles. The minimum Gasteiger partial charge on any atom is -0.373 e. The highest BCUT2D eigenvalue weighted by Gasteiger charge is 2.29. The maximum atomic E-state index is 12.1. The minimum atomic E-state index is 0.150. The summed E-state index contributed by atoms with van der Waals surface area (Å²) in [6.07, 6.45) is 1.87. The quantitative estimate of drug-likeness (QED) is 0.745. The van der Waals surface area contributed by atoms with Crippen LogP contribution in [0.15, 0.2) is 0 Å². The molecule has 1 heterocycles. The van der Waals surface area contributed by atoms with Gasteiger partial charge in [0.1, 0.15) is 0 Å². The first-order valence-corrected chi connectivity index (χ1v) is 7.17. The Morgan fingerprint density at radius 1 is 1.62 bits per heavy atom. The molecule has 3 atom stereocenters. The number of carbonyl (C=O) groups excluding carboxylic acids is 1. The lowest BCUT2D eigenvalue weighted by atomic mass is 10.0. The lowest BCUT2D eigenvalue weighted by molar-refractivity contribution is -0.143. The van der Waals surface area contributed by atoms with Crippen molar-refractivity contribution in [1.29, 1.82) is 0 Å². The van der Waals surface area contributed by atoms with Crippen LogP contribution < -0.4 is 0 Å². The van der Waals surface area contributed by atoms with Crippen molar-refractivity contribution in [2.45, 2.75) is 45.8 Å². The van der Waals surface area contributed by atoms with Crippen molar-refractivity contribution in [2.75, 3.05) is 18.5 Å². The average molecular weight is 292 g/mol. The second-order valence-corrected chi connectivity index (χ2v) is 5.37. The minimum absolute atomic E-state index is 0.150. The molecule has 0 N–H and O–H groups in total. The van der Waals surface area contributed by atoms with Crippen LogP contribution in [0.25, 0.3) is 0 Å². The molecule has 1 fully saturated rings. The number of morpholine rings is 1. The van der Waals surface area contributed by atoms with Crippen LogP contribution in [0, 0.1) is 5.92 Å². The SMILES string of the molecule is CCC(C)CC(=O)N1CC(CBr)OCC1C. The van der Waals surface area contributed by atoms with Gasteiger partial charge in [0.05, 0.1) is 18.8 Å². The van der Waals surface area contributed by atoms with E-state index in [0.29, 0.717) is 18.9 Å². The molecule has 0 spiro atoms. The molecule has 1 rings (SSSR count). The third-order valence-electron chi connectivity index (χ3n) is 3.22. The molecule has 1 saturated heterocycles. The van der Waals surface area contributed by atoms with Crippen molar-refractivity contribution in [3.05, 3.63) is 0 Å². The number of nitrogens with zero attached hydrogens (tertiary/aromatic N) is 1. The summed E-state index contributed by atoms with van der Waals surface area (Å²) in [4.78, 5) is 14.1. The molecular formula is C12H22BrNO2. The Hall–Kier alpha value is -0.0900.